The zero-order chi connectivity index (χ0) is 16.1. The van der Waals surface area contributed by atoms with Crippen molar-refractivity contribution < 1.29 is 9.59 Å². The molecule has 5 heteroatoms. The average Bonchev–Trinajstić information content (AvgIpc) is 2.53. The van der Waals surface area contributed by atoms with Crippen LogP contribution >= 0.6 is 0 Å². The number of piperidine rings is 1. The summed E-state index contributed by atoms with van der Waals surface area (Å²) in [6, 6.07) is 9.26. The molecular formula is C17H19N3O2. The van der Waals surface area contributed by atoms with Gasteiger partial charge in [0.25, 0.3) is 0 Å². The molecule has 0 radical (unpaired) electrons. The maximum Gasteiger partial charge on any atom is 0.246 e. The fourth-order valence-electron chi connectivity index (χ4n) is 2.65. The molecule has 2 rings (SSSR count). The summed E-state index contributed by atoms with van der Waals surface area (Å²) >= 11 is 0. The van der Waals surface area contributed by atoms with Crippen LogP contribution in [0.4, 0.5) is 0 Å². The predicted molar refractivity (Wildman–Crippen MR) is 83.3 cm³/mol. The number of hydrogen-bond donors (Lipinski definition) is 1. The number of primary amides is 1. The predicted octanol–water partition coefficient (Wildman–Crippen LogP) is 1.68. The molecule has 1 aliphatic heterocycles. The summed E-state index contributed by atoms with van der Waals surface area (Å²) < 4.78 is 0. The van der Waals surface area contributed by atoms with Crippen molar-refractivity contribution in [2.45, 2.75) is 25.8 Å². The van der Waals surface area contributed by atoms with Gasteiger partial charge in [-0.2, -0.15) is 5.26 Å². The van der Waals surface area contributed by atoms with Gasteiger partial charge >= 0.3 is 0 Å². The van der Waals surface area contributed by atoms with Crippen LogP contribution in [-0.2, 0) is 9.59 Å². The van der Waals surface area contributed by atoms with E-state index in [-0.39, 0.29) is 23.8 Å². The van der Waals surface area contributed by atoms with E-state index in [1.54, 1.807) is 29.2 Å². The summed E-state index contributed by atoms with van der Waals surface area (Å²) in [6.45, 7) is 2.33. The number of likely N-dealkylation sites (tertiary alicyclic amines) is 1. The Balaban J connectivity index is 2.12. The van der Waals surface area contributed by atoms with Crippen molar-refractivity contribution in [3.8, 4) is 6.07 Å². The third kappa shape index (κ3) is 3.53. The Hall–Kier alpha value is -2.61. The molecule has 0 bridgehead atoms. The lowest BCUT2D eigenvalue weighted by Crippen LogP contribution is -2.48. The SMILES string of the molecule is CC1CCC(C(N)=O)CN1C(=O)/C=C/c1ccccc1C#N. The Bertz CT molecular complexity index is 646. The molecule has 2 amide bonds. The highest BCUT2D eigenvalue weighted by molar-refractivity contribution is 5.93. The van der Waals surface area contributed by atoms with Crippen molar-refractivity contribution in [3.63, 3.8) is 0 Å². The monoisotopic (exact) mass is 297 g/mol. The first-order valence-corrected chi connectivity index (χ1v) is 7.30. The first-order valence-electron chi connectivity index (χ1n) is 7.30. The normalized spacial score (nSPS) is 21.5. The van der Waals surface area contributed by atoms with E-state index in [0.717, 1.165) is 12.8 Å². The van der Waals surface area contributed by atoms with Crippen LogP contribution in [0.1, 0.15) is 30.9 Å². The Morgan fingerprint density at radius 2 is 2.09 bits per heavy atom. The summed E-state index contributed by atoms with van der Waals surface area (Å²) in [6.07, 6.45) is 4.58. The number of nitriles is 1. The van der Waals surface area contributed by atoms with Crippen LogP contribution in [-0.4, -0.2) is 29.3 Å². The number of rotatable bonds is 3. The van der Waals surface area contributed by atoms with Gasteiger partial charge in [-0.25, -0.2) is 0 Å². The van der Waals surface area contributed by atoms with E-state index in [1.807, 2.05) is 13.0 Å². The van der Waals surface area contributed by atoms with Crippen molar-refractivity contribution in [2.24, 2.45) is 11.7 Å². The number of amides is 2. The maximum atomic E-state index is 12.4. The molecule has 2 unspecified atom stereocenters. The Labute approximate surface area is 130 Å². The molecule has 0 saturated carbocycles. The highest BCUT2D eigenvalue weighted by Gasteiger charge is 2.30. The largest absolute Gasteiger partial charge is 0.369 e. The molecule has 1 aromatic rings. The van der Waals surface area contributed by atoms with Gasteiger partial charge in [0.2, 0.25) is 11.8 Å². The van der Waals surface area contributed by atoms with Crippen molar-refractivity contribution >= 4 is 17.9 Å². The Kier molecular flexibility index (Phi) is 4.95. The quantitative estimate of drug-likeness (QED) is 0.861. The van der Waals surface area contributed by atoms with Crippen molar-refractivity contribution in [1.82, 2.24) is 4.90 Å². The van der Waals surface area contributed by atoms with Gasteiger partial charge in [0.15, 0.2) is 0 Å². The molecule has 2 N–H and O–H groups in total. The van der Waals surface area contributed by atoms with E-state index in [4.69, 9.17) is 11.0 Å². The standard InChI is InChI=1S/C17H19N3O2/c1-12-6-7-15(17(19)22)11-20(12)16(21)9-8-13-4-2-3-5-14(13)10-18/h2-5,8-9,12,15H,6-7,11H2,1H3,(H2,19,22)/b9-8+. The molecule has 114 valence electrons. The first kappa shape index (κ1) is 15.8. The highest BCUT2D eigenvalue weighted by Crippen LogP contribution is 2.22. The number of carbonyl (C=O) groups is 2. The summed E-state index contributed by atoms with van der Waals surface area (Å²) in [5, 5.41) is 9.04. The van der Waals surface area contributed by atoms with Gasteiger partial charge in [-0.05, 0) is 37.5 Å². The van der Waals surface area contributed by atoms with E-state index < -0.39 is 0 Å². The lowest BCUT2D eigenvalue weighted by atomic mass is 9.93. The average molecular weight is 297 g/mol. The Morgan fingerprint density at radius 3 is 2.77 bits per heavy atom. The lowest BCUT2D eigenvalue weighted by molar-refractivity contribution is -0.133. The van der Waals surface area contributed by atoms with Crippen molar-refractivity contribution in [3.05, 3.63) is 41.5 Å². The summed E-state index contributed by atoms with van der Waals surface area (Å²) in [5.41, 5.74) is 6.57. The third-order valence-electron chi connectivity index (χ3n) is 4.05. The summed E-state index contributed by atoms with van der Waals surface area (Å²) in [5.74, 6) is -0.797. The van der Waals surface area contributed by atoms with Gasteiger partial charge in [0.1, 0.15) is 0 Å². The van der Waals surface area contributed by atoms with Crippen molar-refractivity contribution in [1.29, 1.82) is 5.26 Å². The van der Waals surface area contributed by atoms with E-state index >= 15 is 0 Å². The Morgan fingerprint density at radius 1 is 1.36 bits per heavy atom. The zero-order valence-corrected chi connectivity index (χ0v) is 12.5. The van der Waals surface area contributed by atoms with E-state index in [9.17, 15) is 9.59 Å². The van der Waals surface area contributed by atoms with Crippen LogP contribution in [0.25, 0.3) is 6.08 Å². The third-order valence-corrected chi connectivity index (χ3v) is 4.05. The molecular weight excluding hydrogens is 278 g/mol. The lowest BCUT2D eigenvalue weighted by Gasteiger charge is -2.36. The number of nitrogens with zero attached hydrogens (tertiary/aromatic N) is 2. The topological polar surface area (TPSA) is 87.2 Å². The van der Waals surface area contributed by atoms with Crippen LogP contribution < -0.4 is 5.73 Å². The number of nitrogens with two attached hydrogens (primary N) is 1. The van der Waals surface area contributed by atoms with Gasteiger partial charge in [0.05, 0.1) is 17.6 Å². The molecule has 22 heavy (non-hydrogen) atoms. The molecule has 5 nitrogen and oxygen atoms in total. The van der Waals surface area contributed by atoms with Crippen LogP contribution in [0.15, 0.2) is 30.3 Å². The minimum absolute atomic E-state index is 0.0824. The van der Waals surface area contributed by atoms with Gasteiger partial charge in [-0.1, -0.05) is 18.2 Å². The van der Waals surface area contributed by atoms with E-state index in [2.05, 4.69) is 6.07 Å². The molecule has 1 aromatic carbocycles. The molecule has 2 atom stereocenters. The molecule has 1 aliphatic rings. The molecule has 0 aromatic heterocycles. The molecule has 1 saturated heterocycles. The number of carbonyl (C=O) groups excluding carboxylic acids is 2. The minimum Gasteiger partial charge on any atom is -0.369 e. The molecule has 1 heterocycles. The molecule has 0 spiro atoms. The second-order valence-corrected chi connectivity index (χ2v) is 5.55. The molecule has 0 aliphatic carbocycles. The number of hydrogen-bond acceptors (Lipinski definition) is 3. The van der Waals surface area contributed by atoms with Crippen LogP contribution in [0, 0.1) is 17.2 Å². The van der Waals surface area contributed by atoms with Gasteiger partial charge in [-0.3, -0.25) is 9.59 Å². The van der Waals surface area contributed by atoms with Gasteiger partial charge in [-0.15, -0.1) is 0 Å². The van der Waals surface area contributed by atoms with E-state index in [1.165, 1.54) is 6.08 Å². The molecule has 1 fully saturated rings. The first-order chi connectivity index (χ1) is 10.5. The number of benzene rings is 1. The van der Waals surface area contributed by atoms with Crippen molar-refractivity contribution in [2.75, 3.05) is 6.54 Å². The zero-order valence-electron chi connectivity index (χ0n) is 12.5. The fourth-order valence-corrected chi connectivity index (χ4v) is 2.65. The maximum absolute atomic E-state index is 12.4. The van der Waals surface area contributed by atoms with Gasteiger partial charge < -0.3 is 10.6 Å². The summed E-state index contributed by atoms with van der Waals surface area (Å²) in [4.78, 5) is 25.3. The smallest absolute Gasteiger partial charge is 0.246 e. The highest BCUT2D eigenvalue weighted by atomic mass is 16.2. The second kappa shape index (κ2) is 6.90. The van der Waals surface area contributed by atoms with Crippen LogP contribution in [0.3, 0.4) is 0 Å². The second-order valence-electron chi connectivity index (χ2n) is 5.55. The van der Waals surface area contributed by atoms with Gasteiger partial charge in [0, 0.05) is 18.7 Å². The fraction of sp³-hybridized carbons (Fsp3) is 0.353. The minimum atomic E-state index is -0.358. The van der Waals surface area contributed by atoms with Crippen LogP contribution in [0.5, 0.6) is 0 Å². The van der Waals surface area contributed by atoms with Crippen LogP contribution in [0.2, 0.25) is 0 Å². The summed E-state index contributed by atoms with van der Waals surface area (Å²) in [7, 11) is 0. The van der Waals surface area contributed by atoms with E-state index in [0.29, 0.717) is 17.7 Å².